The third-order valence-electron chi connectivity index (χ3n) is 6.76. The monoisotopic (exact) mass is 444 g/mol. The summed E-state index contributed by atoms with van der Waals surface area (Å²) in [6.45, 7) is 4.22. The van der Waals surface area contributed by atoms with Crippen LogP contribution in [0.2, 0.25) is 0 Å². The van der Waals surface area contributed by atoms with Crippen LogP contribution in [0.25, 0.3) is 33.6 Å². The topological polar surface area (TPSA) is 61.4 Å². The molecule has 3 heterocycles. The first kappa shape index (κ1) is 21.5. The van der Waals surface area contributed by atoms with Gasteiger partial charge in [0.05, 0.1) is 18.4 Å². The van der Waals surface area contributed by atoms with E-state index < -0.39 is 6.17 Å². The molecular weight excluding hydrogens is 415 g/mol. The van der Waals surface area contributed by atoms with E-state index >= 15 is 4.39 Å². The molecule has 0 spiro atoms. The molecule has 4 atom stereocenters. The van der Waals surface area contributed by atoms with Gasteiger partial charge in [0.25, 0.3) is 0 Å². The summed E-state index contributed by atoms with van der Waals surface area (Å²) >= 11 is 0. The lowest BCUT2D eigenvalue weighted by atomic mass is 9.98. The Morgan fingerprint density at radius 2 is 1.58 bits per heavy atom. The minimum atomic E-state index is -0.881. The molecule has 6 nitrogen and oxygen atoms in total. The molecule has 0 bridgehead atoms. The standard InChI is InChI=1S/C26H29FN6/c1-17-7-8-18(2)25(27)24(9-17)33-16-23(14-31-33)21-11-28-26(29-12-21)20-6-4-5-19(10-20)22-13-30-32(3)15-22/h4-6,10-18,24-25H,7-9H2,1-3H3/t17-,18-,24-,25-/m1/s1. The molecule has 0 aliphatic heterocycles. The lowest BCUT2D eigenvalue weighted by Crippen LogP contribution is -2.25. The van der Waals surface area contributed by atoms with E-state index in [9.17, 15) is 0 Å². The van der Waals surface area contributed by atoms with Gasteiger partial charge < -0.3 is 0 Å². The Labute approximate surface area is 193 Å². The average molecular weight is 445 g/mol. The minimum Gasteiger partial charge on any atom is -0.275 e. The largest absolute Gasteiger partial charge is 0.275 e. The molecule has 1 aliphatic carbocycles. The summed E-state index contributed by atoms with van der Waals surface area (Å²) in [7, 11) is 1.90. The van der Waals surface area contributed by atoms with Crippen molar-refractivity contribution in [2.75, 3.05) is 0 Å². The zero-order chi connectivity index (χ0) is 22.9. The van der Waals surface area contributed by atoms with Crippen LogP contribution in [0.1, 0.15) is 39.2 Å². The van der Waals surface area contributed by atoms with Crippen molar-refractivity contribution in [2.24, 2.45) is 18.9 Å². The van der Waals surface area contributed by atoms with E-state index in [1.54, 1.807) is 10.9 Å². The number of aromatic nitrogens is 6. The van der Waals surface area contributed by atoms with Gasteiger partial charge in [-0.2, -0.15) is 10.2 Å². The fourth-order valence-corrected chi connectivity index (χ4v) is 4.70. The SMILES string of the molecule is C[C@@H]1CC[C@@H](C)[C@@H](F)[C@H](n2cc(-c3cnc(-c4cccc(-c5cnn(C)c5)c4)nc3)cn2)C1. The van der Waals surface area contributed by atoms with Crippen molar-refractivity contribution in [1.82, 2.24) is 29.5 Å². The highest BCUT2D eigenvalue weighted by atomic mass is 19.1. The number of benzene rings is 1. The first-order chi connectivity index (χ1) is 16.0. The fraction of sp³-hybridized carbons (Fsp3) is 0.385. The summed E-state index contributed by atoms with van der Waals surface area (Å²) in [5.74, 6) is 1.21. The number of alkyl halides is 1. The number of hydrogen-bond donors (Lipinski definition) is 0. The van der Waals surface area contributed by atoms with Gasteiger partial charge in [0, 0.05) is 54.1 Å². The minimum absolute atomic E-state index is 0.0534. The van der Waals surface area contributed by atoms with E-state index in [1.807, 2.05) is 61.8 Å². The summed E-state index contributed by atoms with van der Waals surface area (Å²) in [5, 5.41) is 8.77. The first-order valence-electron chi connectivity index (χ1n) is 11.6. The number of nitrogens with zero attached hydrogens (tertiary/aromatic N) is 6. The number of aryl methyl sites for hydroxylation is 1. The zero-order valence-electron chi connectivity index (χ0n) is 19.3. The lowest BCUT2D eigenvalue weighted by Gasteiger charge is -2.23. The van der Waals surface area contributed by atoms with Crippen LogP contribution < -0.4 is 0 Å². The van der Waals surface area contributed by atoms with E-state index in [1.165, 1.54) is 0 Å². The van der Waals surface area contributed by atoms with Crippen LogP contribution in [-0.4, -0.2) is 35.7 Å². The molecule has 1 fully saturated rings. The number of hydrogen-bond acceptors (Lipinski definition) is 4. The van der Waals surface area contributed by atoms with Gasteiger partial charge >= 0.3 is 0 Å². The summed E-state index contributed by atoms with van der Waals surface area (Å²) in [5.41, 5.74) is 4.85. The Morgan fingerprint density at radius 3 is 2.33 bits per heavy atom. The van der Waals surface area contributed by atoms with Crippen molar-refractivity contribution in [2.45, 2.75) is 45.3 Å². The summed E-state index contributed by atoms with van der Waals surface area (Å²) in [6.07, 6.45) is 13.1. The van der Waals surface area contributed by atoms with Crippen LogP contribution in [0, 0.1) is 11.8 Å². The van der Waals surface area contributed by atoms with Gasteiger partial charge in [0.15, 0.2) is 5.82 Å². The maximum atomic E-state index is 15.1. The molecule has 1 aromatic carbocycles. The second-order valence-corrected chi connectivity index (χ2v) is 9.40. The highest BCUT2D eigenvalue weighted by molar-refractivity contribution is 5.70. The van der Waals surface area contributed by atoms with Crippen LogP contribution >= 0.6 is 0 Å². The maximum absolute atomic E-state index is 15.1. The zero-order valence-corrected chi connectivity index (χ0v) is 19.3. The molecule has 0 N–H and O–H groups in total. The third kappa shape index (κ3) is 4.45. The lowest BCUT2D eigenvalue weighted by molar-refractivity contribution is 0.153. The van der Waals surface area contributed by atoms with E-state index in [4.69, 9.17) is 0 Å². The molecule has 3 aromatic heterocycles. The summed E-state index contributed by atoms with van der Waals surface area (Å²) < 4.78 is 18.7. The van der Waals surface area contributed by atoms with E-state index in [-0.39, 0.29) is 12.0 Å². The molecule has 170 valence electrons. The van der Waals surface area contributed by atoms with Crippen LogP contribution in [0.3, 0.4) is 0 Å². The first-order valence-corrected chi connectivity index (χ1v) is 11.6. The van der Waals surface area contributed by atoms with Gasteiger partial charge in [-0.1, -0.05) is 38.5 Å². The molecule has 33 heavy (non-hydrogen) atoms. The molecule has 1 saturated carbocycles. The number of rotatable bonds is 4. The molecule has 7 heteroatoms. The van der Waals surface area contributed by atoms with Gasteiger partial charge in [0.2, 0.25) is 0 Å². The van der Waals surface area contributed by atoms with Crippen LogP contribution in [0.15, 0.2) is 61.4 Å². The van der Waals surface area contributed by atoms with Crippen molar-refractivity contribution < 1.29 is 4.39 Å². The molecule has 0 unspecified atom stereocenters. The second kappa shape index (κ2) is 8.89. The fourth-order valence-electron chi connectivity index (χ4n) is 4.70. The Balaban J connectivity index is 1.37. The second-order valence-electron chi connectivity index (χ2n) is 9.40. The summed E-state index contributed by atoms with van der Waals surface area (Å²) in [6, 6.07) is 7.90. The Kier molecular flexibility index (Phi) is 5.79. The quantitative estimate of drug-likeness (QED) is 0.377. The molecule has 1 aliphatic rings. The molecular formula is C26H29FN6. The van der Waals surface area contributed by atoms with Gasteiger partial charge in [0.1, 0.15) is 6.17 Å². The molecule has 5 rings (SSSR count). The molecule has 0 amide bonds. The Hall–Kier alpha value is -3.35. The maximum Gasteiger partial charge on any atom is 0.159 e. The van der Waals surface area contributed by atoms with Crippen molar-refractivity contribution >= 4 is 0 Å². The van der Waals surface area contributed by atoms with Gasteiger partial charge in [-0.05, 0) is 36.3 Å². The van der Waals surface area contributed by atoms with Crippen molar-refractivity contribution in [3.8, 4) is 33.6 Å². The van der Waals surface area contributed by atoms with Gasteiger partial charge in [-0.25, -0.2) is 14.4 Å². The van der Waals surface area contributed by atoms with Crippen LogP contribution in [0.4, 0.5) is 4.39 Å². The molecule has 0 radical (unpaired) electrons. The van der Waals surface area contributed by atoms with E-state index in [0.29, 0.717) is 11.7 Å². The average Bonchev–Trinajstić information content (AvgIpc) is 3.48. The van der Waals surface area contributed by atoms with Crippen LogP contribution in [-0.2, 0) is 7.05 Å². The van der Waals surface area contributed by atoms with E-state index in [0.717, 1.165) is 47.1 Å². The van der Waals surface area contributed by atoms with Crippen molar-refractivity contribution in [3.63, 3.8) is 0 Å². The Bertz CT molecular complexity index is 1230. The van der Waals surface area contributed by atoms with Crippen molar-refractivity contribution in [1.29, 1.82) is 0 Å². The highest BCUT2D eigenvalue weighted by Crippen LogP contribution is 2.36. The number of halogens is 1. The normalized spacial score (nSPS) is 23.4. The molecule has 4 aromatic rings. The summed E-state index contributed by atoms with van der Waals surface area (Å²) in [4.78, 5) is 9.20. The predicted octanol–water partition coefficient (Wildman–Crippen LogP) is 5.74. The van der Waals surface area contributed by atoms with Gasteiger partial charge in [-0.15, -0.1) is 0 Å². The Morgan fingerprint density at radius 1 is 0.848 bits per heavy atom. The predicted molar refractivity (Wildman–Crippen MR) is 127 cm³/mol. The van der Waals surface area contributed by atoms with Gasteiger partial charge in [-0.3, -0.25) is 9.36 Å². The third-order valence-corrected chi connectivity index (χ3v) is 6.76. The molecule has 0 saturated heterocycles. The van der Waals surface area contributed by atoms with Crippen molar-refractivity contribution in [3.05, 3.63) is 61.4 Å². The van der Waals surface area contributed by atoms with E-state index in [2.05, 4.69) is 39.2 Å². The smallest absolute Gasteiger partial charge is 0.159 e. The van der Waals surface area contributed by atoms with Crippen LogP contribution in [0.5, 0.6) is 0 Å². The highest BCUT2D eigenvalue weighted by Gasteiger charge is 2.33.